The minimum absolute atomic E-state index is 0.307. The van der Waals surface area contributed by atoms with Crippen LogP contribution in [0, 0.1) is 11.8 Å². The molecule has 1 saturated carbocycles. The Morgan fingerprint density at radius 3 is 2.56 bits per heavy atom. The fraction of sp³-hybridized carbons (Fsp3) is 0.917. The van der Waals surface area contributed by atoms with Crippen molar-refractivity contribution in [1.82, 2.24) is 4.90 Å². The van der Waals surface area contributed by atoms with Crippen LogP contribution in [0.2, 0.25) is 0 Å². The number of rotatable bonds is 8. The summed E-state index contributed by atoms with van der Waals surface area (Å²) in [6.45, 7) is 6.07. The minimum Gasteiger partial charge on any atom is -0.481 e. The molecule has 0 aromatic carbocycles. The smallest absolute Gasteiger partial charge is 0.307 e. The van der Waals surface area contributed by atoms with Crippen LogP contribution >= 0.6 is 0 Å². The highest BCUT2D eigenvalue weighted by Crippen LogP contribution is 2.35. The number of likely N-dealkylation sites (N-methyl/N-ethyl adjacent to an activating group) is 1. The average Bonchev–Trinajstić information content (AvgIpc) is 3.06. The summed E-state index contributed by atoms with van der Waals surface area (Å²) in [5.41, 5.74) is 0. The van der Waals surface area contributed by atoms with Gasteiger partial charge in [0.1, 0.15) is 0 Å². The predicted octanol–water partition coefficient (Wildman–Crippen LogP) is 1.45. The standard InChI is InChI=1S/C12H23NO3/c1-4-13(7-9(2)12(14)15)11(8-16-3)10-5-6-10/h9-11H,4-8H2,1-3H3,(H,14,15). The second-order valence-electron chi connectivity index (χ2n) is 4.69. The van der Waals surface area contributed by atoms with Gasteiger partial charge >= 0.3 is 5.97 Å². The molecule has 0 heterocycles. The van der Waals surface area contributed by atoms with Gasteiger partial charge in [0.15, 0.2) is 0 Å². The first-order valence-electron chi connectivity index (χ1n) is 6.05. The zero-order chi connectivity index (χ0) is 12.1. The summed E-state index contributed by atoms with van der Waals surface area (Å²) in [7, 11) is 1.71. The molecule has 1 aliphatic carbocycles. The highest BCUT2D eigenvalue weighted by molar-refractivity contribution is 5.69. The number of ether oxygens (including phenoxy) is 1. The quantitative estimate of drug-likeness (QED) is 0.684. The summed E-state index contributed by atoms with van der Waals surface area (Å²) < 4.78 is 5.24. The molecule has 0 amide bonds. The number of carboxylic acids is 1. The summed E-state index contributed by atoms with van der Waals surface area (Å²) in [6.07, 6.45) is 2.51. The molecule has 1 N–H and O–H groups in total. The van der Waals surface area contributed by atoms with Gasteiger partial charge in [0.05, 0.1) is 12.5 Å². The van der Waals surface area contributed by atoms with E-state index in [1.807, 2.05) is 0 Å². The zero-order valence-corrected chi connectivity index (χ0v) is 10.5. The van der Waals surface area contributed by atoms with Gasteiger partial charge in [-0.1, -0.05) is 13.8 Å². The Kier molecular flexibility index (Phi) is 5.22. The molecule has 0 saturated heterocycles. The second-order valence-corrected chi connectivity index (χ2v) is 4.69. The van der Waals surface area contributed by atoms with Crippen molar-refractivity contribution in [3.05, 3.63) is 0 Å². The first-order chi connectivity index (χ1) is 7.60. The number of carboxylic acid groups (broad SMARTS) is 1. The first kappa shape index (κ1) is 13.5. The van der Waals surface area contributed by atoms with Gasteiger partial charge < -0.3 is 9.84 Å². The van der Waals surface area contributed by atoms with Crippen molar-refractivity contribution in [2.75, 3.05) is 26.8 Å². The van der Waals surface area contributed by atoms with E-state index in [1.165, 1.54) is 12.8 Å². The summed E-state index contributed by atoms with van der Waals surface area (Å²) in [5.74, 6) is -0.315. The van der Waals surface area contributed by atoms with Gasteiger partial charge in [-0.3, -0.25) is 9.69 Å². The van der Waals surface area contributed by atoms with Crippen LogP contribution in [-0.2, 0) is 9.53 Å². The van der Waals surface area contributed by atoms with Crippen LogP contribution in [0.25, 0.3) is 0 Å². The Labute approximate surface area is 97.6 Å². The lowest BCUT2D eigenvalue weighted by Gasteiger charge is -2.31. The van der Waals surface area contributed by atoms with Crippen LogP contribution in [0.4, 0.5) is 0 Å². The number of aliphatic carboxylic acids is 1. The van der Waals surface area contributed by atoms with Crippen molar-refractivity contribution in [2.45, 2.75) is 32.7 Å². The Morgan fingerprint density at radius 2 is 2.19 bits per heavy atom. The van der Waals surface area contributed by atoms with Crippen LogP contribution < -0.4 is 0 Å². The topological polar surface area (TPSA) is 49.8 Å². The van der Waals surface area contributed by atoms with Crippen molar-refractivity contribution < 1.29 is 14.6 Å². The van der Waals surface area contributed by atoms with E-state index in [-0.39, 0.29) is 5.92 Å². The number of hydrogen-bond donors (Lipinski definition) is 1. The Balaban J connectivity index is 2.52. The molecule has 0 spiro atoms. The molecule has 0 aromatic rings. The van der Waals surface area contributed by atoms with Gasteiger partial charge in [0, 0.05) is 19.7 Å². The van der Waals surface area contributed by atoms with Crippen LogP contribution in [0.1, 0.15) is 26.7 Å². The molecular weight excluding hydrogens is 206 g/mol. The third kappa shape index (κ3) is 3.76. The molecule has 0 aliphatic heterocycles. The lowest BCUT2D eigenvalue weighted by Crippen LogP contribution is -2.43. The molecule has 0 bridgehead atoms. The molecule has 94 valence electrons. The van der Waals surface area contributed by atoms with E-state index in [1.54, 1.807) is 14.0 Å². The van der Waals surface area contributed by atoms with Gasteiger partial charge in [-0.05, 0) is 25.3 Å². The predicted molar refractivity (Wildman–Crippen MR) is 62.4 cm³/mol. The third-order valence-electron chi connectivity index (χ3n) is 3.31. The van der Waals surface area contributed by atoms with Crippen LogP contribution in [0.15, 0.2) is 0 Å². The van der Waals surface area contributed by atoms with Crippen LogP contribution in [-0.4, -0.2) is 48.8 Å². The van der Waals surface area contributed by atoms with Crippen molar-refractivity contribution in [2.24, 2.45) is 11.8 Å². The number of carbonyl (C=O) groups is 1. The van der Waals surface area contributed by atoms with Gasteiger partial charge in [-0.25, -0.2) is 0 Å². The van der Waals surface area contributed by atoms with E-state index >= 15 is 0 Å². The fourth-order valence-electron chi connectivity index (χ4n) is 2.12. The van der Waals surface area contributed by atoms with Gasteiger partial charge in [-0.15, -0.1) is 0 Å². The maximum Gasteiger partial charge on any atom is 0.307 e. The monoisotopic (exact) mass is 229 g/mol. The molecule has 1 aliphatic rings. The minimum atomic E-state index is -0.717. The fourth-order valence-corrected chi connectivity index (χ4v) is 2.12. The van der Waals surface area contributed by atoms with Crippen molar-refractivity contribution in [3.8, 4) is 0 Å². The van der Waals surface area contributed by atoms with E-state index in [4.69, 9.17) is 9.84 Å². The van der Waals surface area contributed by atoms with E-state index in [0.717, 1.165) is 6.54 Å². The Hall–Kier alpha value is -0.610. The molecular formula is C12H23NO3. The molecule has 2 unspecified atom stereocenters. The summed E-state index contributed by atoms with van der Waals surface area (Å²) >= 11 is 0. The van der Waals surface area contributed by atoms with Crippen LogP contribution in [0.3, 0.4) is 0 Å². The van der Waals surface area contributed by atoms with Crippen molar-refractivity contribution in [3.63, 3.8) is 0 Å². The van der Waals surface area contributed by atoms with E-state index in [2.05, 4.69) is 11.8 Å². The summed E-state index contributed by atoms with van der Waals surface area (Å²) in [4.78, 5) is 13.1. The van der Waals surface area contributed by atoms with Crippen LogP contribution in [0.5, 0.6) is 0 Å². The Bertz CT molecular complexity index is 228. The zero-order valence-electron chi connectivity index (χ0n) is 10.5. The van der Waals surface area contributed by atoms with Crippen molar-refractivity contribution >= 4 is 5.97 Å². The molecule has 1 rings (SSSR count). The average molecular weight is 229 g/mol. The van der Waals surface area contributed by atoms with Gasteiger partial charge in [-0.2, -0.15) is 0 Å². The molecule has 2 atom stereocenters. The third-order valence-corrected chi connectivity index (χ3v) is 3.31. The lowest BCUT2D eigenvalue weighted by atomic mass is 10.1. The van der Waals surface area contributed by atoms with E-state index in [0.29, 0.717) is 25.1 Å². The molecule has 4 heteroatoms. The largest absolute Gasteiger partial charge is 0.481 e. The lowest BCUT2D eigenvalue weighted by molar-refractivity contribution is -0.142. The van der Waals surface area contributed by atoms with Gasteiger partial charge in [0.25, 0.3) is 0 Å². The molecule has 0 radical (unpaired) electrons. The van der Waals surface area contributed by atoms with Gasteiger partial charge in [0.2, 0.25) is 0 Å². The number of nitrogens with zero attached hydrogens (tertiary/aromatic N) is 1. The Morgan fingerprint density at radius 1 is 1.56 bits per heavy atom. The second kappa shape index (κ2) is 6.21. The maximum absolute atomic E-state index is 10.9. The number of methoxy groups -OCH3 is 1. The van der Waals surface area contributed by atoms with E-state index in [9.17, 15) is 4.79 Å². The maximum atomic E-state index is 10.9. The summed E-state index contributed by atoms with van der Waals surface area (Å²) in [6, 6.07) is 0.400. The number of hydrogen-bond acceptors (Lipinski definition) is 3. The highest BCUT2D eigenvalue weighted by Gasteiger charge is 2.35. The molecule has 4 nitrogen and oxygen atoms in total. The first-order valence-corrected chi connectivity index (χ1v) is 6.05. The molecule has 16 heavy (non-hydrogen) atoms. The molecule has 0 aromatic heterocycles. The summed E-state index contributed by atoms with van der Waals surface area (Å²) in [5, 5.41) is 8.93. The highest BCUT2D eigenvalue weighted by atomic mass is 16.5. The normalized spacial score (nSPS) is 19.8. The van der Waals surface area contributed by atoms with Crippen molar-refractivity contribution in [1.29, 1.82) is 0 Å². The van der Waals surface area contributed by atoms with E-state index < -0.39 is 5.97 Å². The SMILES string of the molecule is CCN(CC(C)C(=O)O)C(COC)C1CC1. The molecule has 1 fully saturated rings.